The zero-order chi connectivity index (χ0) is 18.4. The number of piperazine rings is 1. The summed E-state index contributed by atoms with van der Waals surface area (Å²) in [6, 6.07) is 1.80. The number of carbonyl (C=O) groups excluding carboxylic acids is 1. The number of nitrogens with one attached hydrogen (secondary N) is 1. The Morgan fingerprint density at radius 2 is 2.00 bits per heavy atom. The van der Waals surface area contributed by atoms with Gasteiger partial charge in [0.1, 0.15) is 17.3 Å². The molecule has 1 aliphatic carbocycles. The first-order chi connectivity index (χ1) is 12.7. The molecule has 3 rings (SSSR count). The highest BCUT2D eigenvalue weighted by atomic mass is 16.2. The van der Waals surface area contributed by atoms with E-state index >= 15 is 0 Å². The van der Waals surface area contributed by atoms with Crippen molar-refractivity contribution in [1.82, 2.24) is 19.8 Å². The van der Waals surface area contributed by atoms with Gasteiger partial charge in [0.2, 0.25) is 0 Å². The first-order valence-corrected chi connectivity index (χ1v) is 9.95. The molecule has 1 amide bonds. The van der Waals surface area contributed by atoms with Crippen LogP contribution >= 0.6 is 0 Å². The van der Waals surface area contributed by atoms with Crippen LogP contribution in [-0.4, -0.2) is 64.9 Å². The van der Waals surface area contributed by atoms with Crippen LogP contribution in [0.3, 0.4) is 0 Å². The molecule has 6 heteroatoms. The summed E-state index contributed by atoms with van der Waals surface area (Å²) in [5.41, 5.74) is 2.04. The minimum absolute atomic E-state index is 0.0179. The molecule has 26 heavy (non-hydrogen) atoms. The maximum absolute atomic E-state index is 12.8. The average Bonchev–Trinajstić information content (AvgIpc) is 2.68. The second-order valence-electron chi connectivity index (χ2n) is 7.20. The Balaban J connectivity index is 1.58. The topological polar surface area (TPSA) is 61.4 Å². The molecule has 0 saturated carbocycles. The predicted octanol–water partition coefficient (Wildman–Crippen LogP) is 2.87. The summed E-state index contributed by atoms with van der Waals surface area (Å²) in [7, 11) is 0. The molecule has 1 fully saturated rings. The molecule has 1 aliphatic heterocycles. The van der Waals surface area contributed by atoms with E-state index in [1.807, 2.05) is 11.8 Å². The van der Waals surface area contributed by atoms with Crippen LogP contribution in [0.5, 0.6) is 0 Å². The first kappa shape index (κ1) is 18.8. The lowest BCUT2D eigenvalue weighted by Crippen LogP contribution is -2.48. The molecule has 2 aliphatic rings. The van der Waals surface area contributed by atoms with Crippen molar-refractivity contribution in [3.05, 3.63) is 29.2 Å². The third-order valence-corrected chi connectivity index (χ3v) is 5.30. The summed E-state index contributed by atoms with van der Waals surface area (Å²) in [6.45, 7) is 9.32. The molecule has 0 spiro atoms. The molecule has 0 atom stereocenters. The van der Waals surface area contributed by atoms with Gasteiger partial charge >= 0.3 is 0 Å². The number of aryl methyl sites for hydroxylation is 1. The standard InChI is InChI=1S/C20H31N5O/c1-3-24-11-13-25(14-12-24)20(26)18-15-19(23-16(2)22-18)21-10-9-17-7-5-4-6-8-17/h7,15H,3-6,8-14H2,1-2H3,(H,21,22,23). The summed E-state index contributed by atoms with van der Waals surface area (Å²) >= 11 is 0. The second kappa shape index (κ2) is 9.12. The maximum atomic E-state index is 12.8. The molecule has 0 unspecified atom stereocenters. The van der Waals surface area contributed by atoms with Crippen LogP contribution in [0.1, 0.15) is 55.3 Å². The number of hydrogen-bond acceptors (Lipinski definition) is 5. The number of allylic oxidation sites excluding steroid dienone is 1. The van der Waals surface area contributed by atoms with Gasteiger partial charge in [0.05, 0.1) is 0 Å². The smallest absolute Gasteiger partial charge is 0.272 e. The van der Waals surface area contributed by atoms with Crippen molar-refractivity contribution in [2.24, 2.45) is 0 Å². The maximum Gasteiger partial charge on any atom is 0.272 e. The van der Waals surface area contributed by atoms with Gasteiger partial charge in [-0.25, -0.2) is 9.97 Å². The average molecular weight is 358 g/mol. The summed E-state index contributed by atoms with van der Waals surface area (Å²) in [5, 5.41) is 3.38. The summed E-state index contributed by atoms with van der Waals surface area (Å²) in [6.07, 6.45) is 8.48. The highest BCUT2D eigenvalue weighted by molar-refractivity contribution is 5.93. The molecular formula is C20H31N5O. The molecule has 0 bridgehead atoms. The van der Waals surface area contributed by atoms with Crippen LogP contribution in [-0.2, 0) is 0 Å². The van der Waals surface area contributed by atoms with Crippen LogP contribution in [0.25, 0.3) is 0 Å². The Bertz CT molecular complexity index is 650. The van der Waals surface area contributed by atoms with Crippen LogP contribution < -0.4 is 5.32 Å². The van der Waals surface area contributed by atoms with Crippen molar-refractivity contribution in [1.29, 1.82) is 0 Å². The molecule has 2 heterocycles. The van der Waals surface area contributed by atoms with E-state index < -0.39 is 0 Å². The highest BCUT2D eigenvalue weighted by Gasteiger charge is 2.23. The van der Waals surface area contributed by atoms with Gasteiger partial charge in [-0.1, -0.05) is 18.6 Å². The van der Waals surface area contributed by atoms with Crippen LogP contribution in [0.4, 0.5) is 5.82 Å². The van der Waals surface area contributed by atoms with Gasteiger partial charge in [0, 0.05) is 38.8 Å². The number of aromatic nitrogens is 2. The van der Waals surface area contributed by atoms with Gasteiger partial charge in [0.25, 0.3) is 5.91 Å². The van der Waals surface area contributed by atoms with Crippen LogP contribution in [0.15, 0.2) is 17.7 Å². The summed E-state index contributed by atoms with van der Waals surface area (Å²) in [5.74, 6) is 1.41. The third-order valence-electron chi connectivity index (χ3n) is 5.30. The summed E-state index contributed by atoms with van der Waals surface area (Å²) < 4.78 is 0. The second-order valence-corrected chi connectivity index (χ2v) is 7.20. The number of nitrogens with zero attached hydrogens (tertiary/aromatic N) is 4. The fraction of sp³-hybridized carbons (Fsp3) is 0.650. The zero-order valence-corrected chi connectivity index (χ0v) is 16.1. The monoisotopic (exact) mass is 357 g/mol. The minimum Gasteiger partial charge on any atom is -0.370 e. The Hall–Kier alpha value is -1.95. The van der Waals surface area contributed by atoms with Gasteiger partial charge < -0.3 is 15.1 Å². The number of anilines is 1. The van der Waals surface area contributed by atoms with Gasteiger partial charge in [-0.2, -0.15) is 0 Å². The Labute approximate surface area is 156 Å². The van der Waals surface area contributed by atoms with E-state index in [4.69, 9.17) is 0 Å². The van der Waals surface area contributed by atoms with E-state index in [9.17, 15) is 4.79 Å². The van der Waals surface area contributed by atoms with E-state index in [1.54, 1.807) is 11.6 Å². The minimum atomic E-state index is 0.0179. The number of hydrogen-bond donors (Lipinski definition) is 1. The van der Waals surface area contributed by atoms with Crippen molar-refractivity contribution < 1.29 is 4.79 Å². The lowest BCUT2D eigenvalue weighted by Gasteiger charge is -2.33. The fourth-order valence-electron chi connectivity index (χ4n) is 3.68. The SMILES string of the molecule is CCN1CCN(C(=O)c2cc(NCCC3=CCCCC3)nc(C)n2)CC1. The Morgan fingerprint density at radius 3 is 2.69 bits per heavy atom. The van der Waals surface area contributed by atoms with Crippen LogP contribution in [0.2, 0.25) is 0 Å². The Morgan fingerprint density at radius 1 is 1.19 bits per heavy atom. The van der Waals surface area contributed by atoms with E-state index in [0.29, 0.717) is 11.5 Å². The number of likely N-dealkylation sites (N-methyl/N-ethyl adjacent to an activating group) is 1. The largest absolute Gasteiger partial charge is 0.370 e. The first-order valence-electron chi connectivity index (χ1n) is 9.95. The van der Waals surface area contributed by atoms with Crippen molar-refractivity contribution >= 4 is 11.7 Å². The van der Waals surface area contributed by atoms with E-state index in [0.717, 1.165) is 51.5 Å². The van der Waals surface area contributed by atoms with Crippen molar-refractivity contribution in [2.75, 3.05) is 44.6 Å². The molecule has 0 aromatic carbocycles. The van der Waals surface area contributed by atoms with Gasteiger partial charge in [0.15, 0.2) is 0 Å². The lowest BCUT2D eigenvalue weighted by atomic mass is 9.97. The molecule has 1 N–H and O–H groups in total. The molecule has 1 aromatic rings. The lowest BCUT2D eigenvalue weighted by molar-refractivity contribution is 0.0637. The summed E-state index contributed by atoms with van der Waals surface area (Å²) in [4.78, 5) is 25.9. The number of rotatable bonds is 6. The van der Waals surface area contributed by atoms with E-state index in [-0.39, 0.29) is 5.91 Å². The molecule has 0 radical (unpaired) electrons. The van der Waals surface area contributed by atoms with Crippen LogP contribution in [0, 0.1) is 6.92 Å². The van der Waals surface area contributed by atoms with Gasteiger partial charge in [-0.3, -0.25) is 4.79 Å². The zero-order valence-electron chi connectivity index (χ0n) is 16.1. The molecule has 142 valence electrons. The quantitative estimate of drug-likeness (QED) is 0.793. The van der Waals surface area contributed by atoms with E-state index in [2.05, 4.69) is 33.2 Å². The van der Waals surface area contributed by atoms with E-state index in [1.165, 1.54) is 25.7 Å². The molecule has 1 aromatic heterocycles. The third kappa shape index (κ3) is 5.04. The molecular weight excluding hydrogens is 326 g/mol. The van der Waals surface area contributed by atoms with Gasteiger partial charge in [-0.05, 0) is 45.6 Å². The number of carbonyl (C=O) groups is 1. The predicted molar refractivity (Wildman–Crippen MR) is 104 cm³/mol. The normalized spacial score (nSPS) is 18.5. The highest BCUT2D eigenvalue weighted by Crippen LogP contribution is 2.20. The van der Waals surface area contributed by atoms with Crippen molar-refractivity contribution in [3.63, 3.8) is 0 Å². The Kier molecular flexibility index (Phi) is 6.61. The van der Waals surface area contributed by atoms with Crippen molar-refractivity contribution in [3.8, 4) is 0 Å². The fourth-order valence-corrected chi connectivity index (χ4v) is 3.68. The van der Waals surface area contributed by atoms with Gasteiger partial charge in [-0.15, -0.1) is 0 Å². The molecule has 1 saturated heterocycles. The van der Waals surface area contributed by atoms with Crippen molar-refractivity contribution in [2.45, 2.75) is 46.0 Å². The molecule has 6 nitrogen and oxygen atoms in total. The number of amides is 1.